The minimum absolute atomic E-state index is 0. The number of tetrazole rings is 4. The SMILES string of the molecule is Nn1ncnn1.Nn1ncnn1.Nn1ncnn1.Nn1ncnn1.O.O.[Cu+2].[O-][Cl+3]([O-])([O-])[O-].[O-][Cl+3]([O-])([O-])[O-]. The smallest absolute Gasteiger partial charge is 0.412 e. The van der Waals surface area contributed by atoms with Crippen molar-refractivity contribution in [2.75, 3.05) is 23.4 Å². The van der Waals surface area contributed by atoms with E-state index in [2.05, 4.69) is 61.6 Å². The van der Waals surface area contributed by atoms with Gasteiger partial charge in [0.2, 0.25) is 0 Å². The van der Waals surface area contributed by atoms with Crippen LogP contribution in [0.4, 0.5) is 0 Å². The molecule has 0 saturated carbocycles. The molecule has 0 atom stereocenters. The van der Waals surface area contributed by atoms with E-state index in [-0.39, 0.29) is 28.0 Å². The average Bonchev–Trinajstić information content (AvgIpc) is 3.44. The van der Waals surface area contributed by atoms with Crippen molar-refractivity contribution in [3.8, 4) is 0 Å². The van der Waals surface area contributed by atoms with E-state index in [0.717, 1.165) is 19.6 Å². The summed E-state index contributed by atoms with van der Waals surface area (Å²) in [5.41, 5.74) is 0. The van der Waals surface area contributed by atoms with E-state index in [4.69, 9.17) is 60.6 Å². The van der Waals surface area contributed by atoms with E-state index >= 15 is 0 Å². The molecule has 4 heterocycles. The van der Waals surface area contributed by atoms with Crippen molar-refractivity contribution in [2.45, 2.75) is 0 Å². The molecule has 0 aliphatic rings. The second-order valence-electron chi connectivity index (χ2n) is 3.78. The Morgan fingerprint density at radius 3 is 0.595 bits per heavy atom. The summed E-state index contributed by atoms with van der Waals surface area (Å²) in [7, 11) is -9.89. The topological polar surface area (TPSA) is 526 Å². The van der Waals surface area contributed by atoms with Crippen LogP contribution in [0.1, 0.15) is 0 Å². The van der Waals surface area contributed by atoms with Crippen LogP contribution in [0.25, 0.3) is 0 Å². The van der Waals surface area contributed by atoms with E-state index in [9.17, 15) is 0 Å². The third kappa shape index (κ3) is 50.1. The molecule has 12 N–H and O–H groups in total. The molecule has 4 rings (SSSR count). The van der Waals surface area contributed by atoms with Gasteiger partial charge >= 0.3 is 17.1 Å². The zero-order valence-electron chi connectivity index (χ0n) is 17.1. The van der Waals surface area contributed by atoms with Crippen LogP contribution in [0.3, 0.4) is 0 Å². The van der Waals surface area contributed by atoms with Gasteiger partial charge in [-0.15, -0.1) is 61.3 Å². The van der Waals surface area contributed by atoms with Crippen LogP contribution in [0.2, 0.25) is 0 Å². The van der Waals surface area contributed by atoms with Crippen molar-refractivity contribution < 1.29 is 85.8 Å². The van der Waals surface area contributed by atoms with Crippen LogP contribution in [0.5, 0.6) is 0 Å². The first kappa shape index (κ1) is 43.3. The maximum atomic E-state index is 8.49. The predicted octanol–water partition coefficient (Wildman–Crippen LogP) is -17.6. The summed E-state index contributed by atoms with van der Waals surface area (Å²) in [6.45, 7) is 0. The number of nitrogens with two attached hydrogens (primary N) is 4. The van der Waals surface area contributed by atoms with Crippen LogP contribution < -0.4 is 60.6 Å². The van der Waals surface area contributed by atoms with Gasteiger partial charge in [0.05, 0.1) is 0 Å². The van der Waals surface area contributed by atoms with Gasteiger partial charge in [-0.2, -0.15) is 0 Å². The monoisotopic (exact) mass is 637 g/mol. The van der Waals surface area contributed by atoms with Gasteiger partial charge < -0.3 is 34.3 Å². The number of halogens is 2. The standard InChI is InChI=1S/4CH3N5.2ClHO4.Cu.2H2O/c4*2-6-4-1-3-5-6;2*2-1(3,4)5;;;/h4*1H,2H2;2*(H,2,3,4,5);;2*1H2/q;;;;;;+2;;/p-2. The van der Waals surface area contributed by atoms with Crippen molar-refractivity contribution in [3.05, 3.63) is 25.3 Å². The molecule has 0 saturated heterocycles. The number of nitrogens with zero attached hydrogens (tertiary/aromatic N) is 16. The Labute approximate surface area is 216 Å². The number of nitrogen functional groups attached to an aromatic ring is 4. The van der Waals surface area contributed by atoms with Gasteiger partial charge in [-0.05, 0) is 20.9 Å². The molecule has 217 valence electrons. The first-order chi connectivity index (χ1) is 15.6. The van der Waals surface area contributed by atoms with E-state index in [1.54, 1.807) is 0 Å². The van der Waals surface area contributed by atoms with Crippen LogP contribution in [-0.2, 0) is 17.1 Å². The summed E-state index contributed by atoms with van der Waals surface area (Å²) in [6.07, 6.45) is 5.06. The molecule has 1 radical (unpaired) electrons. The maximum absolute atomic E-state index is 8.49. The van der Waals surface area contributed by atoms with Crippen molar-refractivity contribution in [3.63, 3.8) is 0 Å². The van der Waals surface area contributed by atoms with Crippen molar-refractivity contribution in [1.29, 1.82) is 0 Å². The Morgan fingerprint density at radius 2 is 0.568 bits per heavy atom. The summed E-state index contributed by atoms with van der Waals surface area (Å²) in [4.78, 5) is 3.56. The zero-order chi connectivity index (χ0) is 26.6. The Bertz CT molecular complexity index is 745. The predicted molar refractivity (Wildman–Crippen MR) is 79.1 cm³/mol. The molecule has 37 heavy (non-hydrogen) atoms. The molecule has 0 aliphatic heterocycles. The number of hydrogen-bond acceptors (Lipinski definition) is 24. The molecule has 0 spiro atoms. The van der Waals surface area contributed by atoms with Gasteiger partial charge in [-0.1, -0.05) is 19.6 Å². The summed E-state index contributed by atoms with van der Waals surface area (Å²) < 4.78 is 67.9. The average molecular weight is 639 g/mol. The van der Waals surface area contributed by atoms with E-state index in [1.165, 1.54) is 25.3 Å². The van der Waals surface area contributed by atoms with Gasteiger partial charge in [0, 0.05) is 0 Å². The Morgan fingerprint density at radius 1 is 0.432 bits per heavy atom. The summed E-state index contributed by atoms with van der Waals surface area (Å²) >= 11 is 0. The third-order valence-corrected chi connectivity index (χ3v) is 1.46. The number of aromatic nitrogens is 16. The summed E-state index contributed by atoms with van der Waals surface area (Å²) in [6, 6.07) is 0. The second kappa shape index (κ2) is 23.9. The maximum Gasteiger partial charge on any atom is 2.00 e. The van der Waals surface area contributed by atoms with Gasteiger partial charge in [-0.25, -0.2) is 37.3 Å². The van der Waals surface area contributed by atoms with Crippen LogP contribution >= 0.6 is 0 Å². The quantitative estimate of drug-likeness (QED) is 0.102. The molecule has 0 bridgehead atoms. The van der Waals surface area contributed by atoms with Gasteiger partial charge in [0.1, 0.15) is 0 Å². The van der Waals surface area contributed by atoms with Crippen LogP contribution in [0.15, 0.2) is 25.3 Å². The van der Waals surface area contributed by atoms with E-state index in [1.807, 2.05) is 0 Å². The normalized spacial score (nSPS) is 8.86. The molecule has 33 heteroatoms. The molecule has 0 aliphatic carbocycles. The largest absolute Gasteiger partial charge is 2.00 e. The zero-order valence-corrected chi connectivity index (χ0v) is 19.6. The molecule has 0 unspecified atom stereocenters. The second-order valence-corrected chi connectivity index (χ2v) is 5.29. The molecule has 0 amide bonds. The third-order valence-electron chi connectivity index (χ3n) is 1.46. The van der Waals surface area contributed by atoms with Gasteiger partial charge in [0.25, 0.3) is 0 Å². The molecule has 0 aromatic carbocycles. The van der Waals surface area contributed by atoms with E-state index < -0.39 is 20.5 Å². The molecule has 4 aromatic rings. The molecule has 0 fully saturated rings. The van der Waals surface area contributed by atoms with Crippen molar-refractivity contribution in [1.82, 2.24) is 81.3 Å². The Kier molecular flexibility index (Phi) is 27.9. The number of rotatable bonds is 0. The number of hydrogen-bond donors (Lipinski definition) is 4. The first-order valence-electron chi connectivity index (χ1n) is 6.73. The molecular weight excluding hydrogens is 623 g/mol. The van der Waals surface area contributed by atoms with Crippen LogP contribution in [-0.4, -0.2) is 92.2 Å². The fourth-order valence-electron chi connectivity index (χ4n) is 0.700. The fourth-order valence-corrected chi connectivity index (χ4v) is 0.700. The minimum atomic E-state index is -4.94. The fraction of sp³-hybridized carbons (Fsp3) is 0. The first-order valence-corrected chi connectivity index (χ1v) is 9.20. The van der Waals surface area contributed by atoms with Crippen molar-refractivity contribution >= 4 is 0 Å². The van der Waals surface area contributed by atoms with Gasteiger partial charge in [0.15, 0.2) is 25.3 Å². The minimum Gasteiger partial charge on any atom is -0.412 e. The Balaban J connectivity index is -0.000000109. The van der Waals surface area contributed by atoms with Gasteiger partial charge in [-0.3, -0.25) is 0 Å². The Hall–Kier alpha value is -3.82. The molecule has 4 aromatic heterocycles. The summed E-state index contributed by atoms with van der Waals surface area (Å²) in [5.74, 6) is 19.6. The van der Waals surface area contributed by atoms with E-state index in [0.29, 0.717) is 0 Å². The molecule has 30 nitrogen and oxygen atoms in total. The van der Waals surface area contributed by atoms with Crippen LogP contribution in [0, 0.1) is 20.5 Å². The summed E-state index contributed by atoms with van der Waals surface area (Å²) in [5, 5.41) is 39.8. The van der Waals surface area contributed by atoms with Crippen molar-refractivity contribution in [2.24, 2.45) is 0 Å². The molecular formula is C4H16Cl2CuN20O10.